The number of anilines is 1. The van der Waals surface area contributed by atoms with Crippen LogP contribution < -0.4 is 5.32 Å². The molecule has 1 atom stereocenters. The molecular weight excluding hydrogens is 390 g/mol. The molecule has 1 heterocycles. The SMILES string of the molecule is C#CCN(CC(=O)Nc1cccc(S(=O)(=O)N(C)C)c1)C1CCS(=O)(=O)C1. The van der Waals surface area contributed by atoms with Crippen LogP contribution in [0.2, 0.25) is 0 Å². The predicted molar refractivity (Wildman–Crippen MR) is 103 cm³/mol. The van der Waals surface area contributed by atoms with Gasteiger partial charge in [-0.15, -0.1) is 6.42 Å². The van der Waals surface area contributed by atoms with Gasteiger partial charge < -0.3 is 5.32 Å². The minimum atomic E-state index is -3.61. The summed E-state index contributed by atoms with van der Waals surface area (Å²) in [6, 6.07) is 5.64. The molecule has 10 heteroatoms. The van der Waals surface area contributed by atoms with Crippen LogP contribution in [0.25, 0.3) is 0 Å². The average Bonchev–Trinajstić information content (AvgIpc) is 2.94. The number of carbonyl (C=O) groups is 1. The van der Waals surface area contributed by atoms with Gasteiger partial charge in [0.1, 0.15) is 0 Å². The number of benzene rings is 1. The first kappa shape index (κ1) is 21.4. The second kappa shape index (κ2) is 8.39. The molecule has 0 aromatic heterocycles. The largest absolute Gasteiger partial charge is 0.325 e. The molecule has 1 N–H and O–H groups in total. The van der Waals surface area contributed by atoms with Gasteiger partial charge in [-0.2, -0.15) is 0 Å². The highest BCUT2D eigenvalue weighted by atomic mass is 32.2. The van der Waals surface area contributed by atoms with Crippen molar-refractivity contribution in [1.29, 1.82) is 0 Å². The van der Waals surface area contributed by atoms with E-state index in [0.717, 1.165) is 4.31 Å². The fourth-order valence-corrected chi connectivity index (χ4v) is 5.53. The minimum absolute atomic E-state index is 0.0154. The van der Waals surface area contributed by atoms with Crippen molar-refractivity contribution in [2.24, 2.45) is 0 Å². The zero-order valence-corrected chi connectivity index (χ0v) is 16.9. The van der Waals surface area contributed by atoms with E-state index in [-0.39, 0.29) is 35.5 Å². The van der Waals surface area contributed by atoms with E-state index in [9.17, 15) is 21.6 Å². The molecule has 2 rings (SSSR count). The number of hydrogen-bond acceptors (Lipinski definition) is 6. The molecule has 1 saturated heterocycles. The van der Waals surface area contributed by atoms with Gasteiger partial charge in [0.15, 0.2) is 9.84 Å². The fourth-order valence-electron chi connectivity index (χ4n) is 2.82. The molecule has 1 unspecified atom stereocenters. The van der Waals surface area contributed by atoms with Crippen LogP contribution in [0.4, 0.5) is 5.69 Å². The number of sulfonamides is 1. The van der Waals surface area contributed by atoms with E-state index in [4.69, 9.17) is 6.42 Å². The first-order chi connectivity index (χ1) is 12.5. The second-order valence-corrected chi connectivity index (χ2v) is 10.9. The third-order valence-corrected chi connectivity index (χ3v) is 7.82. The number of amides is 1. The number of nitrogens with one attached hydrogen (secondary N) is 1. The van der Waals surface area contributed by atoms with E-state index in [1.54, 1.807) is 11.0 Å². The van der Waals surface area contributed by atoms with Crippen LogP contribution in [0.15, 0.2) is 29.2 Å². The smallest absolute Gasteiger partial charge is 0.242 e. The summed E-state index contributed by atoms with van der Waals surface area (Å²) in [5, 5.41) is 2.64. The maximum Gasteiger partial charge on any atom is 0.242 e. The van der Waals surface area contributed by atoms with Crippen molar-refractivity contribution >= 4 is 31.5 Å². The Hall–Kier alpha value is -1.93. The van der Waals surface area contributed by atoms with Crippen molar-refractivity contribution in [2.45, 2.75) is 17.4 Å². The highest BCUT2D eigenvalue weighted by molar-refractivity contribution is 7.91. The molecule has 1 fully saturated rings. The van der Waals surface area contributed by atoms with Gasteiger partial charge in [-0.05, 0) is 24.6 Å². The minimum Gasteiger partial charge on any atom is -0.325 e. The highest BCUT2D eigenvalue weighted by Gasteiger charge is 2.32. The van der Waals surface area contributed by atoms with Crippen LogP contribution in [0.3, 0.4) is 0 Å². The van der Waals surface area contributed by atoms with Crippen molar-refractivity contribution in [3.63, 3.8) is 0 Å². The second-order valence-electron chi connectivity index (χ2n) is 6.53. The molecule has 27 heavy (non-hydrogen) atoms. The highest BCUT2D eigenvalue weighted by Crippen LogP contribution is 2.19. The number of terminal acetylenes is 1. The topological polar surface area (TPSA) is 104 Å². The average molecular weight is 414 g/mol. The van der Waals surface area contributed by atoms with Gasteiger partial charge in [-0.3, -0.25) is 9.69 Å². The van der Waals surface area contributed by atoms with Gasteiger partial charge >= 0.3 is 0 Å². The summed E-state index contributed by atoms with van der Waals surface area (Å²) in [7, 11) is -3.86. The zero-order valence-electron chi connectivity index (χ0n) is 15.3. The molecule has 1 aliphatic heterocycles. The summed E-state index contributed by atoms with van der Waals surface area (Å²) >= 11 is 0. The van der Waals surface area contributed by atoms with Crippen LogP contribution in [-0.2, 0) is 24.7 Å². The number of hydrogen-bond donors (Lipinski definition) is 1. The number of nitrogens with zero attached hydrogens (tertiary/aromatic N) is 2. The van der Waals surface area contributed by atoms with Gasteiger partial charge in [0, 0.05) is 25.8 Å². The van der Waals surface area contributed by atoms with Crippen molar-refractivity contribution in [3.8, 4) is 12.3 Å². The summed E-state index contributed by atoms with van der Waals surface area (Å²) in [5.41, 5.74) is 0.336. The molecule has 0 spiro atoms. The molecule has 0 aliphatic carbocycles. The Morgan fingerprint density at radius 3 is 2.63 bits per heavy atom. The standard InChI is InChI=1S/C17H23N3O5S2/c1-4-9-20(15-8-10-26(22,23)13-15)12-17(21)18-14-6-5-7-16(11-14)27(24,25)19(2)3/h1,5-7,11,15H,8-10,12-13H2,2-3H3,(H,18,21). The van der Waals surface area contributed by atoms with Crippen molar-refractivity contribution < 1.29 is 21.6 Å². The number of sulfone groups is 1. The van der Waals surface area contributed by atoms with E-state index in [1.165, 1.54) is 32.3 Å². The Bertz CT molecular complexity index is 949. The zero-order chi connectivity index (χ0) is 20.2. The molecule has 1 aliphatic rings. The third-order valence-electron chi connectivity index (χ3n) is 4.26. The lowest BCUT2D eigenvalue weighted by Gasteiger charge is -2.25. The van der Waals surface area contributed by atoms with Crippen LogP contribution in [0.5, 0.6) is 0 Å². The van der Waals surface area contributed by atoms with Crippen LogP contribution in [0, 0.1) is 12.3 Å². The molecule has 8 nitrogen and oxygen atoms in total. The van der Waals surface area contributed by atoms with E-state index < -0.39 is 25.8 Å². The lowest BCUT2D eigenvalue weighted by atomic mass is 10.2. The van der Waals surface area contributed by atoms with Crippen molar-refractivity contribution in [3.05, 3.63) is 24.3 Å². The summed E-state index contributed by atoms with van der Waals surface area (Å²) < 4.78 is 48.8. The van der Waals surface area contributed by atoms with E-state index in [0.29, 0.717) is 12.1 Å². The van der Waals surface area contributed by atoms with Gasteiger partial charge in [-0.25, -0.2) is 21.1 Å². The van der Waals surface area contributed by atoms with Crippen molar-refractivity contribution in [2.75, 3.05) is 44.0 Å². The molecule has 1 aromatic carbocycles. The summed E-state index contributed by atoms with van der Waals surface area (Å²) in [5.74, 6) is 2.13. The van der Waals surface area contributed by atoms with E-state index >= 15 is 0 Å². The van der Waals surface area contributed by atoms with E-state index in [2.05, 4.69) is 11.2 Å². The Labute approximate surface area is 160 Å². The van der Waals surface area contributed by atoms with Gasteiger partial charge in [0.2, 0.25) is 15.9 Å². The number of carbonyl (C=O) groups excluding carboxylic acids is 1. The Morgan fingerprint density at radius 1 is 1.37 bits per heavy atom. The fraction of sp³-hybridized carbons (Fsp3) is 0.471. The quantitative estimate of drug-likeness (QED) is 0.631. The maximum absolute atomic E-state index is 12.4. The number of rotatable bonds is 7. The molecule has 148 valence electrons. The summed E-state index contributed by atoms with van der Waals surface area (Å²) in [6.45, 7) is 0.0811. The van der Waals surface area contributed by atoms with Crippen molar-refractivity contribution in [1.82, 2.24) is 9.21 Å². The maximum atomic E-state index is 12.4. The Kier molecular flexibility index (Phi) is 6.64. The molecule has 1 amide bonds. The molecule has 0 bridgehead atoms. The third kappa shape index (κ3) is 5.52. The molecule has 0 saturated carbocycles. The van der Waals surface area contributed by atoms with Gasteiger partial charge in [0.05, 0.1) is 29.5 Å². The summed E-state index contributed by atoms with van der Waals surface area (Å²) in [4.78, 5) is 14.1. The normalized spacial score (nSPS) is 19.1. The molecule has 0 radical (unpaired) electrons. The van der Waals surface area contributed by atoms with Crippen LogP contribution in [0.1, 0.15) is 6.42 Å². The lowest BCUT2D eigenvalue weighted by Crippen LogP contribution is -2.41. The van der Waals surface area contributed by atoms with Gasteiger partial charge in [0.25, 0.3) is 0 Å². The molecular formula is C17H23N3O5S2. The molecule has 1 aromatic rings. The van der Waals surface area contributed by atoms with Crippen LogP contribution in [-0.4, -0.2) is 76.7 Å². The van der Waals surface area contributed by atoms with Crippen LogP contribution >= 0.6 is 0 Å². The first-order valence-corrected chi connectivity index (χ1v) is 11.5. The Balaban J connectivity index is 2.09. The van der Waals surface area contributed by atoms with E-state index in [1.807, 2.05) is 0 Å². The monoisotopic (exact) mass is 413 g/mol. The van der Waals surface area contributed by atoms with Gasteiger partial charge in [-0.1, -0.05) is 12.0 Å². The first-order valence-electron chi connectivity index (χ1n) is 8.25. The summed E-state index contributed by atoms with van der Waals surface area (Å²) in [6.07, 6.45) is 5.78. The predicted octanol–water partition coefficient (Wildman–Crippen LogP) is -0.00230. The lowest BCUT2D eigenvalue weighted by molar-refractivity contribution is -0.117. The Morgan fingerprint density at radius 2 is 2.07 bits per heavy atom.